The number of aromatic nitrogens is 2. The number of rotatable bonds is 4. The van der Waals surface area contributed by atoms with E-state index in [1.807, 2.05) is 16.5 Å². The molecule has 3 aliphatic rings. The molecule has 1 aromatic rings. The Kier molecular flexibility index (Phi) is 4.36. The van der Waals surface area contributed by atoms with E-state index in [0.29, 0.717) is 18.6 Å². The number of ether oxygens (including phenoxy) is 2. The van der Waals surface area contributed by atoms with Crippen LogP contribution in [0.2, 0.25) is 0 Å². The largest absolute Gasteiger partial charge is 0.383 e. The van der Waals surface area contributed by atoms with Gasteiger partial charge in [-0.05, 0) is 26.7 Å². The van der Waals surface area contributed by atoms with Crippen LogP contribution in [0, 0.1) is 5.41 Å². The molecule has 0 N–H and O–H groups in total. The van der Waals surface area contributed by atoms with Crippen LogP contribution >= 0.6 is 0 Å². The molecule has 1 spiro atoms. The lowest BCUT2D eigenvalue weighted by Gasteiger charge is -2.48. The van der Waals surface area contributed by atoms with Crippen molar-refractivity contribution in [2.24, 2.45) is 5.41 Å². The molecular weight excluding hydrogens is 318 g/mol. The zero-order valence-electron chi connectivity index (χ0n) is 15.6. The van der Waals surface area contributed by atoms with Gasteiger partial charge in [-0.1, -0.05) is 12.8 Å². The van der Waals surface area contributed by atoms with Gasteiger partial charge in [0.25, 0.3) is 5.91 Å². The van der Waals surface area contributed by atoms with E-state index in [-0.39, 0.29) is 18.1 Å². The standard InChI is InChI=1S/C19H29N3O3/c1-13-10-15-16(14(2)25-13)20-22(8-9-24-3)17(15)18(23)21-11-19(12-21)6-4-5-7-19/h13-14H,4-12H2,1-3H3/t13-,14+/m0/s1. The van der Waals surface area contributed by atoms with Gasteiger partial charge < -0.3 is 14.4 Å². The predicted molar refractivity (Wildman–Crippen MR) is 93.6 cm³/mol. The second kappa shape index (κ2) is 6.40. The molecule has 2 fully saturated rings. The van der Waals surface area contributed by atoms with E-state index in [0.717, 1.165) is 36.5 Å². The van der Waals surface area contributed by atoms with Crippen LogP contribution in [0.25, 0.3) is 0 Å². The molecule has 2 atom stereocenters. The van der Waals surface area contributed by atoms with Gasteiger partial charge in [0.2, 0.25) is 0 Å². The fourth-order valence-electron chi connectivity index (χ4n) is 4.87. The van der Waals surface area contributed by atoms with Crippen LogP contribution in [-0.2, 0) is 22.4 Å². The molecule has 1 saturated carbocycles. The number of hydrogen-bond donors (Lipinski definition) is 0. The Labute approximate surface area is 149 Å². The van der Waals surface area contributed by atoms with E-state index in [2.05, 4.69) is 6.92 Å². The van der Waals surface area contributed by atoms with Crippen molar-refractivity contribution < 1.29 is 14.3 Å². The highest BCUT2D eigenvalue weighted by molar-refractivity contribution is 5.95. The predicted octanol–water partition coefficient (Wildman–Crippen LogP) is 2.57. The first-order chi connectivity index (χ1) is 12.0. The molecule has 138 valence electrons. The molecule has 1 saturated heterocycles. The molecule has 3 heterocycles. The highest BCUT2D eigenvalue weighted by atomic mass is 16.5. The van der Waals surface area contributed by atoms with E-state index >= 15 is 0 Å². The van der Waals surface area contributed by atoms with Gasteiger partial charge in [0.15, 0.2) is 0 Å². The number of methoxy groups -OCH3 is 1. The summed E-state index contributed by atoms with van der Waals surface area (Å²) < 4.78 is 13.0. The van der Waals surface area contributed by atoms with Crippen LogP contribution in [0.5, 0.6) is 0 Å². The maximum absolute atomic E-state index is 13.3. The highest BCUT2D eigenvalue weighted by Crippen LogP contribution is 2.46. The zero-order valence-corrected chi connectivity index (χ0v) is 15.6. The average molecular weight is 347 g/mol. The third-order valence-electron chi connectivity index (χ3n) is 6.11. The van der Waals surface area contributed by atoms with Crippen molar-refractivity contribution >= 4 is 5.91 Å². The van der Waals surface area contributed by atoms with Crippen molar-refractivity contribution in [2.45, 2.75) is 64.7 Å². The van der Waals surface area contributed by atoms with Gasteiger partial charge in [-0.3, -0.25) is 9.48 Å². The monoisotopic (exact) mass is 347 g/mol. The summed E-state index contributed by atoms with van der Waals surface area (Å²) in [5.41, 5.74) is 3.19. The molecular formula is C19H29N3O3. The van der Waals surface area contributed by atoms with E-state index in [4.69, 9.17) is 14.6 Å². The van der Waals surface area contributed by atoms with Crippen molar-refractivity contribution in [1.29, 1.82) is 0 Å². The smallest absolute Gasteiger partial charge is 0.272 e. The molecule has 0 bridgehead atoms. The summed E-state index contributed by atoms with van der Waals surface area (Å²) in [5, 5.41) is 4.72. The van der Waals surface area contributed by atoms with E-state index in [9.17, 15) is 4.79 Å². The number of nitrogens with zero attached hydrogens (tertiary/aromatic N) is 3. The van der Waals surface area contributed by atoms with Crippen molar-refractivity contribution in [3.63, 3.8) is 0 Å². The van der Waals surface area contributed by atoms with E-state index < -0.39 is 0 Å². The topological polar surface area (TPSA) is 56.6 Å². The summed E-state index contributed by atoms with van der Waals surface area (Å²) in [6.07, 6.45) is 6.00. The lowest BCUT2D eigenvalue weighted by atomic mass is 9.78. The van der Waals surface area contributed by atoms with Gasteiger partial charge in [-0.15, -0.1) is 0 Å². The van der Waals surface area contributed by atoms with Gasteiger partial charge in [-0.2, -0.15) is 5.10 Å². The Morgan fingerprint density at radius 3 is 2.72 bits per heavy atom. The second-order valence-electron chi connectivity index (χ2n) is 8.09. The fraction of sp³-hybridized carbons (Fsp3) is 0.789. The minimum atomic E-state index is -0.0633. The molecule has 0 aromatic carbocycles. The Morgan fingerprint density at radius 2 is 2.04 bits per heavy atom. The van der Waals surface area contributed by atoms with Crippen LogP contribution in [0.4, 0.5) is 0 Å². The summed E-state index contributed by atoms with van der Waals surface area (Å²) in [5.74, 6) is 0.142. The van der Waals surface area contributed by atoms with Gasteiger partial charge >= 0.3 is 0 Å². The Hall–Kier alpha value is -1.40. The van der Waals surface area contributed by atoms with Crippen LogP contribution in [0.1, 0.15) is 67.4 Å². The number of hydrogen-bond acceptors (Lipinski definition) is 4. The SMILES string of the molecule is COCCn1nc2c(c1C(=O)N1CC3(CCCC3)C1)C[C@H](C)O[C@@H]2C. The zero-order chi connectivity index (χ0) is 17.6. The summed E-state index contributed by atoms with van der Waals surface area (Å²) in [6.45, 7) is 7.07. The molecule has 6 heteroatoms. The average Bonchev–Trinajstić information content (AvgIpc) is 3.15. The second-order valence-corrected chi connectivity index (χ2v) is 8.09. The summed E-state index contributed by atoms with van der Waals surface area (Å²) in [6, 6.07) is 0. The van der Waals surface area contributed by atoms with Crippen LogP contribution in [0.15, 0.2) is 0 Å². The van der Waals surface area contributed by atoms with Gasteiger partial charge in [0, 0.05) is 37.6 Å². The van der Waals surface area contributed by atoms with Crippen molar-refractivity contribution in [2.75, 3.05) is 26.8 Å². The van der Waals surface area contributed by atoms with Gasteiger partial charge in [-0.25, -0.2) is 0 Å². The lowest BCUT2D eigenvalue weighted by Crippen LogP contribution is -2.57. The summed E-state index contributed by atoms with van der Waals surface area (Å²) in [7, 11) is 1.68. The number of carbonyl (C=O) groups excluding carboxylic acids is 1. The maximum Gasteiger partial charge on any atom is 0.272 e. The lowest BCUT2D eigenvalue weighted by molar-refractivity contribution is -0.00762. The van der Waals surface area contributed by atoms with Crippen molar-refractivity contribution in [1.82, 2.24) is 14.7 Å². The first-order valence-corrected chi connectivity index (χ1v) is 9.56. The molecule has 1 aromatic heterocycles. The maximum atomic E-state index is 13.3. The quantitative estimate of drug-likeness (QED) is 0.840. The molecule has 0 radical (unpaired) electrons. The molecule has 1 aliphatic carbocycles. The fourth-order valence-corrected chi connectivity index (χ4v) is 4.87. The third kappa shape index (κ3) is 2.89. The molecule has 4 rings (SSSR count). The van der Waals surface area contributed by atoms with Crippen molar-refractivity contribution in [3.8, 4) is 0 Å². The Bertz CT molecular complexity index is 655. The number of likely N-dealkylation sites (tertiary alicyclic amines) is 1. The molecule has 6 nitrogen and oxygen atoms in total. The Morgan fingerprint density at radius 1 is 1.32 bits per heavy atom. The number of carbonyl (C=O) groups is 1. The molecule has 2 aliphatic heterocycles. The summed E-state index contributed by atoms with van der Waals surface area (Å²) >= 11 is 0. The molecule has 0 unspecified atom stereocenters. The van der Waals surface area contributed by atoms with Gasteiger partial charge in [0.1, 0.15) is 5.69 Å². The Balaban J connectivity index is 1.61. The summed E-state index contributed by atoms with van der Waals surface area (Å²) in [4.78, 5) is 15.3. The third-order valence-corrected chi connectivity index (χ3v) is 6.11. The van der Waals surface area contributed by atoms with Crippen LogP contribution in [-0.4, -0.2) is 53.5 Å². The van der Waals surface area contributed by atoms with Crippen LogP contribution < -0.4 is 0 Å². The normalized spacial score (nSPS) is 27.4. The highest BCUT2D eigenvalue weighted by Gasteiger charge is 2.48. The van der Waals surface area contributed by atoms with Gasteiger partial charge in [0.05, 0.1) is 31.1 Å². The van der Waals surface area contributed by atoms with Crippen molar-refractivity contribution in [3.05, 3.63) is 17.0 Å². The minimum Gasteiger partial charge on any atom is -0.383 e. The molecule has 25 heavy (non-hydrogen) atoms. The first kappa shape index (κ1) is 17.0. The minimum absolute atomic E-state index is 0.0633. The molecule has 1 amide bonds. The van der Waals surface area contributed by atoms with E-state index in [1.165, 1.54) is 25.7 Å². The number of fused-ring (bicyclic) bond motifs is 1. The first-order valence-electron chi connectivity index (χ1n) is 9.56. The van der Waals surface area contributed by atoms with E-state index in [1.54, 1.807) is 7.11 Å². The number of amides is 1. The van der Waals surface area contributed by atoms with Crippen LogP contribution in [0.3, 0.4) is 0 Å².